The molecule has 0 aliphatic rings. The monoisotopic (exact) mass is 486 g/mol. The molecule has 33 heavy (non-hydrogen) atoms. The Balaban J connectivity index is 1.64. The van der Waals surface area contributed by atoms with E-state index in [4.69, 9.17) is 18.9 Å². The summed E-state index contributed by atoms with van der Waals surface area (Å²) in [5, 5.41) is 5.93. The van der Waals surface area contributed by atoms with E-state index in [0.29, 0.717) is 49.1 Å². The van der Waals surface area contributed by atoms with Gasteiger partial charge in [0.15, 0.2) is 11.0 Å². The SMILES string of the molecule is COCc1nc(OC)c2c(C)c(C(=O)Nc3nc(-c4cc(OC)ccc4OC)cs3)sc2n1. The molecule has 4 aromatic rings. The quantitative estimate of drug-likeness (QED) is 0.387. The fourth-order valence-electron chi connectivity index (χ4n) is 3.33. The summed E-state index contributed by atoms with van der Waals surface area (Å²) in [7, 11) is 6.31. The Bertz CT molecular complexity index is 1320. The molecule has 172 valence electrons. The van der Waals surface area contributed by atoms with Crippen LogP contribution in [0.5, 0.6) is 17.4 Å². The Labute approximate surface area is 198 Å². The highest BCUT2D eigenvalue weighted by Gasteiger charge is 2.22. The second kappa shape index (κ2) is 9.69. The minimum atomic E-state index is -0.274. The standard InChI is InChI=1S/C22H22N4O5S2/c1-11-17-20(31-5)24-16(9-28-2)25-21(17)33-18(11)19(27)26-22-23-14(10-32-22)13-8-12(29-3)6-7-15(13)30-4/h6-8,10H,9H2,1-5H3,(H,23,26,27). The van der Waals surface area contributed by atoms with Crippen LogP contribution in [0.2, 0.25) is 0 Å². The maximum Gasteiger partial charge on any atom is 0.267 e. The zero-order chi connectivity index (χ0) is 23.5. The Hall–Kier alpha value is -3.28. The third-order valence-electron chi connectivity index (χ3n) is 4.88. The molecular weight excluding hydrogens is 464 g/mol. The first-order valence-corrected chi connectivity index (χ1v) is 11.5. The number of nitrogens with one attached hydrogen (secondary N) is 1. The Morgan fingerprint density at radius 1 is 1.06 bits per heavy atom. The number of thiophene rings is 1. The van der Waals surface area contributed by atoms with Crippen molar-refractivity contribution in [3.8, 4) is 28.6 Å². The van der Waals surface area contributed by atoms with Gasteiger partial charge < -0.3 is 18.9 Å². The highest BCUT2D eigenvalue weighted by Crippen LogP contribution is 2.37. The van der Waals surface area contributed by atoms with Crippen molar-refractivity contribution in [3.05, 3.63) is 39.8 Å². The van der Waals surface area contributed by atoms with Gasteiger partial charge in [-0.05, 0) is 30.7 Å². The molecular formula is C22H22N4O5S2. The first-order valence-electron chi connectivity index (χ1n) is 9.81. The smallest absolute Gasteiger partial charge is 0.267 e. The lowest BCUT2D eigenvalue weighted by Gasteiger charge is -2.08. The Kier molecular flexibility index (Phi) is 6.72. The largest absolute Gasteiger partial charge is 0.497 e. The third kappa shape index (κ3) is 4.47. The second-order valence-corrected chi connectivity index (χ2v) is 8.73. The van der Waals surface area contributed by atoms with E-state index in [-0.39, 0.29) is 12.5 Å². The van der Waals surface area contributed by atoms with Crippen molar-refractivity contribution >= 4 is 43.9 Å². The average Bonchev–Trinajstić information content (AvgIpc) is 3.42. The summed E-state index contributed by atoms with van der Waals surface area (Å²) in [6, 6.07) is 5.48. The van der Waals surface area contributed by atoms with Gasteiger partial charge in [0.05, 0.1) is 37.3 Å². The Morgan fingerprint density at radius 3 is 2.58 bits per heavy atom. The summed E-state index contributed by atoms with van der Waals surface area (Å²) in [6.45, 7) is 2.10. The number of thiazole rings is 1. The zero-order valence-electron chi connectivity index (χ0n) is 18.7. The van der Waals surface area contributed by atoms with E-state index in [0.717, 1.165) is 11.1 Å². The lowest BCUT2D eigenvalue weighted by atomic mass is 10.1. The summed E-state index contributed by atoms with van der Waals surface area (Å²) in [6.07, 6.45) is 0. The molecule has 0 atom stereocenters. The number of nitrogens with zero attached hydrogens (tertiary/aromatic N) is 3. The molecule has 0 saturated carbocycles. The molecule has 4 rings (SSSR count). The van der Waals surface area contributed by atoms with Crippen LogP contribution in [0, 0.1) is 6.92 Å². The molecule has 0 saturated heterocycles. The summed E-state index contributed by atoms with van der Waals surface area (Å²) in [4.78, 5) is 27.7. The fourth-order valence-corrected chi connectivity index (χ4v) is 5.12. The third-order valence-corrected chi connectivity index (χ3v) is 6.83. The number of carbonyl (C=O) groups is 1. The predicted molar refractivity (Wildman–Crippen MR) is 128 cm³/mol. The molecule has 1 aromatic carbocycles. The molecule has 9 nitrogen and oxygen atoms in total. The van der Waals surface area contributed by atoms with Crippen LogP contribution in [0.15, 0.2) is 23.6 Å². The summed E-state index contributed by atoms with van der Waals surface area (Å²) >= 11 is 2.60. The van der Waals surface area contributed by atoms with Crippen LogP contribution in [0.25, 0.3) is 21.5 Å². The van der Waals surface area contributed by atoms with Crippen molar-refractivity contribution in [3.63, 3.8) is 0 Å². The van der Waals surface area contributed by atoms with Crippen LogP contribution < -0.4 is 19.5 Å². The topological polar surface area (TPSA) is 105 Å². The van der Waals surface area contributed by atoms with E-state index in [2.05, 4.69) is 20.3 Å². The molecule has 0 radical (unpaired) electrons. The zero-order valence-corrected chi connectivity index (χ0v) is 20.3. The molecule has 3 aromatic heterocycles. The van der Waals surface area contributed by atoms with E-state index >= 15 is 0 Å². The maximum absolute atomic E-state index is 13.1. The molecule has 0 bridgehead atoms. The molecule has 3 heterocycles. The minimum Gasteiger partial charge on any atom is -0.497 e. The summed E-state index contributed by atoms with van der Waals surface area (Å²) in [5.41, 5.74) is 2.20. The van der Waals surface area contributed by atoms with Gasteiger partial charge in [-0.15, -0.1) is 22.7 Å². The molecule has 0 spiro atoms. The van der Waals surface area contributed by atoms with Gasteiger partial charge >= 0.3 is 0 Å². The number of fused-ring (bicyclic) bond motifs is 1. The average molecular weight is 487 g/mol. The number of hydrogen-bond donors (Lipinski definition) is 1. The van der Waals surface area contributed by atoms with Crippen molar-refractivity contribution in [2.75, 3.05) is 33.8 Å². The van der Waals surface area contributed by atoms with E-state index in [1.54, 1.807) is 28.4 Å². The van der Waals surface area contributed by atoms with Crippen molar-refractivity contribution in [2.45, 2.75) is 13.5 Å². The number of aryl methyl sites for hydroxylation is 1. The molecule has 0 aliphatic carbocycles. The van der Waals surface area contributed by atoms with Crippen molar-refractivity contribution < 1.29 is 23.7 Å². The van der Waals surface area contributed by atoms with Crippen LogP contribution in [-0.2, 0) is 11.3 Å². The molecule has 1 N–H and O–H groups in total. The summed E-state index contributed by atoms with van der Waals surface area (Å²) < 4.78 is 21.3. The lowest BCUT2D eigenvalue weighted by molar-refractivity contribution is 0.103. The van der Waals surface area contributed by atoms with Gasteiger partial charge in [-0.1, -0.05) is 0 Å². The number of hydrogen-bond acceptors (Lipinski definition) is 10. The van der Waals surface area contributed by atoms with Crippen molar-refractivity contribution in [1.82, 2.24) is 15.0 Å². The predicted octanol–water partition coefficient (Wildman–Crippen LogP) is 4.55. The molecule has 0 fully saturated rings. The number of amides is 1. The van der Waals surface area contributed by atoms with E-state index in [1.807, 2.05) is 30.5 Å². The number of rotatable bonds is 8. The fraction of sp³-hybridized carbons (Fsp3) is 0.273. The first kappa shape index (κ1) is 22.9. The number of methoxy groups -OCH3 is 4. The maximum atomic E-state index is 13.1. The normalized spacial score (nSPS) is 10.9. The number of carbonyl (C=O) groups excluding carboxylic acids is 1. The van der Waals surface area contributed by atoms with Gasteiger partial charge in [0.1, 0.15) is 22.9 Å². The highest BCUT2D eigenvalue weighted by atomic mass is 32.1. The van der Waals surface area contributed by atoms with Gasteiger partial charge in [-0.2, -0.15) is 4.98 Å². The number of anilines is 1. The van der Waals surface area contributed by atoms with Crippen LogP contribution >= 0.6 is 22.7 Å². The number of aromatic nitrogens is 3. The van der Waals surface area contributed by atoms with Gasteiger partial charge in [0, 0.05) is 18.1 Å². The highest BCUT2D eigenvalue weighted by molar-refractivity contribution is 7.21. The van der Waals surface area contributed by atoms with E-state index < -0.39 is 0 Å². The molecule has 0 unspecified atom stereocenters. The second-order valence-electron chi connectivity index (χ2n) is 6.88. The van der Waals surface area contributed by atoms with Crippen molar-refractivity contribution in [1.29, 1.82) is 0 Å². The van der Waals surface area contributed by atoms with Crippen molar-refractivity contribution in [2.24, 2.45) is 0 Å². The minimum absolute atomic E-state index is 0.250. The van der Waals surface area contributed by atoms with E-state index in [1.165, 1.54) is 22.7 Å². The molecule has 1 amide bonds. The van der Waals surface area contributed by atoms with Gasteiger partial charge in [0.2, 0.25) is 5.88 Å². The molecule has 0 aliphatic heterocycles. The Morgan fingerprint density at radius 2 is 1.88 bits per heavy atom. The van der Waals surface area contributed by atoms with Crippen LogP contribution in [-0.4, -0.2) is 49.3 Å². The van der Waals surface area contributed by atoms with Gasteiger partial charge in [-0.25, -0.2) is 9.97 Å². The summed E-state index contributed by atoms with van der Waals surface area (Å²) in [5.74, 6) is 1.99. The van der Waals surface area contributed by atoms with Crippen LogP contribution in [0.3, 0.4) is 0 Å². The number of benzene rings is 1. The molecule has 11 heteroatoms. The van der Waals surface area contributed by atoms with Crippen LogP contribution in [0.4, 0.5) is 5.13 Å². The lowest BCUT2D eigenvalue weighted by Crippen LogP contribution is -2.11. The first-order chi connectivity index (χ1) is 16.0. The number of ether oxygens (including phenoxy) is 4. The van der Waals surface area contributed by atoms with Gasteiger partial charge in [-0.3, -0.25) is 10.1 Å². The van der Waals surface area contributed by atoms with Gasteiger partial charge in [0.25, 0.3) is 5.91 Å². The van der Waals surface area contributed by atoms with Crippen LogP contribution in [0.1, 0.15) is 21.1 Å². The van der Waals surface area contributed by atoms with E-state index in [9.17, 15) is 4.79 Å².